The van der Waals surface area contributed by atoms with Crippen molar-refractivity contribution in [1.29, 1.82) is 0 Å². The van der Waals surface area contributed by atoms with Crippen molar-refractivity contribution < 1.29 is 18.4 Å². The lowest BCUT2D eigenvalue weighted by Crippen LogP contribution is -2.46. The zero-order valence-corrected chi connectivity index (χ0v) is 14.0. The highest BCUT2D eigenvalue weighted by atomic mass is 127. The highest BCUT2D eigenvalue weighted by Crippen LogP contribution is 2.13. The summed E-state index contributed by atoms with van der Waals surface area (Å²) in [6, 6.07) is 9.54. The van der Waals surface area contributed by atoms with Gasteiger partial charge in [0.2, 0.25) is 5.91 Å². The Morgan fingerprint density at radius 2 is 1.87 bits per heavy atom. The molecule has 0 bridgehead atoms. The second-order valence-electron chi connectivity index (χ2n) is 4.86. The highest BCUT2D eigenvalue weighted by Gasteiger charge is 2.22. The van der Waals surface area contributed by atoms with E-state index in [-0.39, 0.29) is 6.42 Å². The van der Waals surface area contributed by atoms with E-state index in [1.807, 2.05) is 18.2 Å². The van der Waals surface area contributed by atoms with Gasteiger partial charge in [-0.15, -0.1) is 0 Å². The van der Waals surface area contributed by atoms with Gasteiger partial charge in [-0.25, -0.2) is 8.78 Å². The van der Waals surface area contributed by atoms with Crippen LogP contribution in [-0.2, 0) is 11.2 Å². The van der Waals surface area contributed by atoms with Crippen LogP contribution in [0.3, 0.4) is 0 Å². The molecule has 2 amide bonds. The molecule has 0 spiro atoms. The molecule has 3 N–H and O–H groups in total. The first-order valence-corrected chi connectivity index (χ1v) is 7.75. The largest absolute Gasteiger partial charge is 0.368 e. The van der Waals surface area contributed by atoms with Crippen LogP contribution in [0.1, 0.15) is 15.9 Å². The molecular formula is C16H13F2IN2O2. The number of amides is 2. The average Bonchev–Trinajstić information content (AvgIpc) is 2.49. The van der Waals surface area contributed by atoms with Crippen LogP contribution in [-0.4, -0.2) is 17.9 Å². The minimum atomic E-state index is -1.26. The molecule has 0 aromatic heterocycles. The van der Waals surface area contributed by atoms with E-state index in [0.717, 1.165) is 21.3 Å². The Kier molecular flexibility index (Phi) is 5.64. The predicted octanol–water partition coefficient (Wildman–Crippen LogP) is 2.40. The third-order valence-corrected chi connectivity index (χ3v) is 3.84. The number of halogens is 3. The second kappa shape index (κ2) is 7.49. The van der Waals surface area contributed by atoms with Crippen molar-refractivity contribution in [2.75, 3.05) is 0 Å². The average molecular weight is 430 g/mol. The molecule has 0 aliphatic rings. The lowest BCUT2D eigenvalue weighted by atomic mass is 10.0. The van der Waals surface area contributed by atoms with Gasteiger partial charge in [-0.3, -0.25) is 9.59 Å². The number of carbonyl (C=O) groups is 2. The first-order chi connectivity index (χ1) is 10.9. The van der Waals surface area contributed by atoms with E-state index in [1.54, 1.807) is 6.07 Å². The minimum absolute atomic E-state index is 0.162. The highest BCUT2D eigenvalue weighted by molar-refractivity contribution is 14.1. The molecule has 7 heteroatoms. The molecule has 1 atom stereocenters. The van der Waals surface area contributed by atoms with Crippen molar-refractivity contribution in [1.82, 2.24) is 5.32 Å². The normalized spacial score (nSPS) is 11.8. The molecule has 4 nitrogen and oxygen atoms in total. The van der Waals surface area contributed by atoms with Gasteiger partial charge >= 0.3 is 0 Å². The summed E-state index contributed by atoms with van der Waals surface area (Å²) in [5.41, 5.74) is 5.61. The first kappa shape index (κ1) is 17.3. The van der Waals surface area contributed by atoms with Crippen LogP contribution in [0.25, 0.3) is 0 Å². The molecule has 0 aliphatic carbocycles. The molecule has 2 aromatic rings. The van der Waals surface area contributed by atoms with Gasteiger partial charge in [0.05, 0.1) is 5.56 Å². The summed E-state index contributed by atoms with van der Waals surface area (Å²) in [5.74, 6) is -4.04. The number of nitrogens with one attached hydrogen (secondary N) is 1. The fourth-order valence-corrected chi connectivity index (χ4v) is 2.65. The number of benzene rings is 2. The van der Waals surface area contributed by atoms with E-state index in [2.05, 4.69) is 27.9 Å². The minimum Gasteiger partial charge on any atom is -0.368 e. The van der Waals surface area contributed by atoms with E-state index < -0.39 is 35.1 Å². The number of carbonyl (C=O) groups excluding carboxylic acids is 2. The van der Waals surface area contributed by atoms with Crippen molar-refractivity contribution in [2.45, 2.75) is 12.5 Å². The summed E-state index contributed by atoms with van der Waals surface area (Å²) >= 11 is 2.12. The van der Waals surface area contributed by atoms with E-state index in [9.17, 15) is 18.4 Å². The third kappa shape index (κ3) is 4.47. The number of hydrogen-bond acceptors (Lipinski definition) is 2. The lowest BCUT2D eigenvalue weighted by molar-refractivity contribution is -0.119. The fourth-order valence-electron chi connectivity index (χ4n) is 2.04. The monoisotopic (exact) mass is 430 g/mol. The van der Waals surface area contributed by atoms with Crippen molar-refractivity contribution in [3.05, 3.63) is 68.8 Å². The summed E-state index contributed by atoms with van der Waals surface area (Å²) in [7, 11) is 0. The van der Waals surface area contributed by atoms with Crippen LogP contribution >= 0.6 is 22.6 Å². The van der Waals surface area contributed by atoms with Gasteiger partial charge in [0.15, 0.2) is 11.6 Å². The molecule has 120 valence electrons. The summed E-state index contributed by atoms with van der Waals surface area (Å²) in [5, 5.41) is 2.35. The molecule has 0 heterocycles. The van der Waals surface area contributed by atoms with Crippen molar-refractivity contribution in [3.63, 3.8) is 0 Å². The summed E-state index contributed by atoms with van der Waals surface area (Å²) in [4.78, 5) is 23.6. The summed E-state index contributed by atoms with van der Waals surface area (Å²) in [6.45, 7) is 0. The number of nitrogens with two attached hydrogens (primary N) is 1. The van der Waals surface area contributed by atoms with Gasteiger partial charge in [-0.05, 0) is 52.4 Å². The zero-order valence-electron chi connectivity index (χ0n) is 11.9. The van der Waals surface area contributed by atoms with E-state index in [1.165, 1.54) is 6.07 Å². The Balaban J connectivity index is 2.18. The maximum absolute atomic E-state index is 13.6. The predicted molar refractivity (Wildman–Crippen MR) is 89.7 cm³/mol. The van der Waals surface area contributed by atoms with Crippen LogP contribution in [0.4, 0.5) is 8.78 Å². The molecule has 0 radical (unpaired) electrons. The van der Waals surface area contributed by atoms with Gasteiger partial charge < -0.3 is 11.1 Å². The molecular weight excluding hydrogens is 417 g/mol. The third-order valence-electron chi connectivity index (χ3n) is 3.17. The Morgan fingerprint density at radius 1 is 1.17 bits per heavy atom. The maximum atomic E-state index is 13.6. The zero-order chi connectivity index (χ0) is 17.0. The van der Waals surface area contributed by atoms with Crippen LogP contribution in [0.15, 0.2) is 42.5 Å². The lowest BCUT2D eigenvalue weighted by Gasteiger charge is -2.16. The number of rotatable bonds is 5. The van der Waals surface area contributed by atoms with Crippen LogP contribution in [0.2, 0.25) is 0 Å². The van der Waals surface area contributed by atoms with E-state index >= 15 is 0 Å². The van der Waals surface area contributed by atoms with Gasteiger partial charge in [-0.1, -0.05) is 18.2 Å². The quantitative estimate of drug-likeness (QED) is 0.716. The number of primary amides is 1. The topological polar surface area (TPSA) is 72.2 Å². The van der Waals surface area contributed by atoms with Crippen LogP contribution < -0.4 is 11.1 Å². The molecule has 0 saturated carbocycles. The molecule has 0 saturated heterocycles. The molecule has 23 heavy (non-hydrogen) atoms. The number of hydrogen-bond donors (Lipinski definition) is 2. The van der Waals surface area contributed by atoms with Gasteiger partial charge in [-0.2, -0.15) is 0 Å². The molecule has 0 unspecified atom stereocenters. The van der Waals surface area contributed by atoms with Crippen molar-refractivity contribution in [3.8, 4) is 0 Å². The SMILES string of the molecule is NC(=O)[C@H](Cc1cccc(I)c1)NC(=O)c1cccc(F)c1F. The summed E-state index contributed by atoms with van der Waals surface area (Å²) in [6.07, 6.45) is 0.162. The Bertz CT molecular complexity index is 753. The molecule has 0 fully saturated rings. The molecule has 2 aromatic carbocycles. The van der Waals surface area contributed by atoms with Gasteiger partial charge in [0, 0.05) is 9.99 Å². The Hall–Kier alpha value is -2.03. The first-order valence-electron chi connectivity index (χ1n) is 6.67. The standard InChI is InChI=1S/C16H13F2IN2O2/c17-12-6-2-5-11(14(12)18)16(23)21-13(15(20)22)8-9-3-1-4-10(19)7-9/h1-7,13H,8H2,(H2,20,22)(H,21,23)/t13-/m0/s1. The summed E-state index contributed by atoms with van der Waals surface area (Å²) < 4.78 is 27.8. The van der Waals surface area contributed by atoms with E-state index in [0.29, 0.717) is 0 Å². The Labute approximate surface area is 145 Å². The Morgan fingerprint density at radius 3 is 2.52 bits per heavy atom. The molecule has 2 rings (SSSR count). The smallest absolute Gasteiger partial charge is 0.255 e. The fraction of sp³-hybridized carbons (Fsp3) is 0.125. The second-order valence-corrected chi connectivity index (χ2v) is 6.11. The van der Waals surface area contributed by atoms with Gasteiger partial charge in [0.25, 0.3) is 5.91 Å². The van der Waals surface area contributed by atoms with Crippen molar-refractivity contribution >= 4 is 34.4 Å². The maximum Gasteiger partial charge on any atom is 0.255 e. The van der Waals surface area contributed by atoms with Crippen LogP contribution in [0, 0.1) is 15.2 Å². The molecule has 0 aliphatic heterocycles. The van der Waals surface area contributed by atoms with Crippen molar-refractivity contribution in [2.24, 2.45) is 5.73 Å². The van der Waals surface area contributed by atoms with E-state index in [4.69, 9.17) is 5.73 Å². The van der Waals surface area contributed by atoms with Crippen LogP contribution in [0.5, 0.6) is 0 Å². The van der Waals surface area contributed by atoms with Gasteiger partial charge in [0.1, 0.15) is 6.04 Å².